The zero-order valence-electron chi connectivity index (χ0n) is 17.1. The molecule has 1 saturated heterocycles. The van der Waals surface area contributed by atoms with Gasteiger partial charge in [0.25, 0.3) is 0 Å². The van der Waals surface area contributed by atoms with Crippen molar-refractivity contribution >= 4 is 11.5 Å². The Kier molecular flexibility index (Phi) is 5.18. The lowest BCUT2D eigenvalue weighted by Gasteiger charge is -2.36. The number of aromatic nitrogens is 3. The number of benzene rings is 1. The number of nitrogens with zero attached hydrogens (tertiary/aromatic N) is 5. The molecule has 0 spiro atoms. The summed E-state index contributed by atoms with van der Waals surface area (Å²) in [5.41, 5.74) is 6.67. The molecule has 5 heteroatoms. The Morgan fingerprint density at radius 1 is 1.11 bits per heavy atom. The molecule has 0 atom stereocenters. The molecule has 3 heterocycles. The summed E-state index contributed by atoms with van der Waals surface area (Å²) < 4.78 is 2.06. The monoisotopic (exact) mass is 375 g/mol. The second-order valence-corrected chi connectivity index (χ2v) is 7.75. The third-order valence-electron chi connectivity index (χ3n) is 5.36. The summed E-state index contributed by atoms with van der Waals surface area (Å²) >= 11 is 0. The SMILES string of the molecule is C=C(C)CN1CCN(c2cc(C)nc3c(-c4ccccc4)c(CC)nn23)CC1. The zero-order chi connectivity index (χ0) is 19.7. The molecule has 3 aromatic rings. The molecule has 0 N–H and O–H groups in total. The van der Waals surface area contributed by atoms with Gasteiger partial charge in [-0.05, 0) is 25.8 Å². The van der Waals surface area contributed by atoms with Gasteiger partial charge >= 0.3 is 0 Å². The van der Waals surface area contributed by atoms with Crippen LogP contribution < -0.4 is 4.90 Å². The van der Waals surface area contributed by atoms with Crippen LogP contribution in [-0.2, 0) is 6.42 Å². The lowest BCUT2D eigenvalue weighted by Crippen LogP contribution is -2.47. The van der Waals surface area contributed by atoms with Crippen LogP contribution >= 0.6 is 0 Å². The quantitative estimate of drug-likeness (QED) is 0.633. The molecular weight excluding hydrogens is 346 g/mol. The van der Waals surface area contributed by atoms with E-state index in [9.17, 15) is 0 Å². The average Bonchev–Trinajstić information content (AvgIpc) is 3.06. The van der Waals surface area contributed by atoms with Crippen molar-refractivity contribution in [1.29, 1.82) is 0 Å². The Hall–Kier alpha value is -2.66. The second-order valence-electron chi connectivity index (χ2n) is 7.75. The Morgan fingerprint density at radius 3 is 2.46 bits per heavy atom. The molecule has 0 radical (unpaired) electrons. The van der Waals surface area contributed by atoms with Gasteiger partial charge in [-0.15, -0.1) is 0 Å². The highest BCUT2D eigenvalue weighted by atomic mass is 15.4. The van der Waals surface area contributed by atoms with Crippen LogP contribution in [0, 0.1) is 6.92 Å². The van der Waals surface area contributed by atoms with E-state index < -0.39 is 0 Å². The minimum atomic E-state index is 0.887. The van der Waals surface area contributed by atoms with Gasteiger partial charge in [0.15, 0.2) is 5.65 Å². The van der Waals surface area contributed by atoms with E-state index in [1.54, 1.807) is 0 Å². The highest BCUT2D eigenvalue weighted by molar-refractivity contribution is 5.81. The molecule has 4 rings (SSSR count). The van der Waals surface area contributed by atoms with Crippen LogP contribution in [0.15, 0.2) is 48.6 Å². The molecule has 2 aromatic heterocycles. The number of anilines is 1. The summed E-state index contributed by atoms with van der Waals surface area (Å²) in [6, 6.07) is 12.7. The molecule has 5 nitrogen and oxygen atoms in total. The molecule has 0 amide bonds. The standard InChI is InChI=1S/C23H29N5/c1-5-20-22(19-9-7-6-8-10-19)23-24-18(4)15-21(28(23)25-20)27-13-11-26(12-14-27)16-17(2)3/h6-10,15H,2,5,11-14,16H2,1,3-4H3. The lowest BCUT2D eigenvalue weighted by molar-refractivity contribution is 0.277. The molecule has 146 valence electrons. The van der Waals surface area contributed by atoms with Crippen LogP contribution in [0.5, 0.6) is 0 Å². The summed E-state index contributed by atoms with van der Waals surface area (Å²) in [7, 11) is 0. The summed E-state index contributed by atoms with van der Waals surface area (Å²) in [6.45, 7) is 15.5. The molecule has 0 aliphatic carbocycles. The van der Waals surface area contributed by atoms with Gasteiger partial charge in [0, 0.05) is 50.0 Å². The molecule has 1 aromatic carbocycles. The second kappa shape index (κ2) is 7.76. The lowest BCUT2D eigenvalue weighted by atomic mass is 10.0. The number of piperazine rings is 1. The molecule has 1 fully saturated rings. The maximum Gasteiger partial charge on any atom is 0.165 e. The first kappa shape index (κ1) is 18.7. The van der Waals surface area contributed by atoms with Crippen LogP contribution in [0.4, 0.5) is 5.82 Å². The minimum absolute atomic E-state index is 0.887. The van der Waals surface area contributed by atoms with Crippen molar-refractivity contribution in [3.63, 3.8) is 0 Å². The smallest absolute Gasteiger partial charge is 0.165 e. The van der Waals surface area contributed by atoms with Crippen molar-refractivity contribution in [1.82, 2.24) is 19.5 Å². The topological polar surface area (TPSA) is 36.7 Å². The molecule has 1 aliphatic heterocycles. The number of hydrogen-bond donors (Lipinski definition) is 0. The van der Waals surface area contributed by atoms with Gasteiger partial charge in [0.1, 0.15) is 5.82 Å². The molecule has 0 saturated carbocycles. The average molecular weight is 376 g/mol. The highest BCUT2D eigenvalue weighted by Gasteiger charge is 2.23. The van der Waals surface area contributed by atoms with Gasteiger partial charge in [-0.25, -0.2) is 4.98 Å². The van der Waals surface area contributed by atoms with Crippen LogP contribution in [0.1, 0.15) is 25.2 Å². The largest absolute Gasteiger partial charge is 0.354 e. The van der Waals surface area contributed by atoms with E-state index >= 15 is 0 Å². The first-order valence-electron chi connectivity index (χ1n) is 10.1. The first-order valence-corrected chi connectivity index (χ1v) is 10.1. The van der Waals surface area contributed by atoms with Crippen molar-refractivity contribution in [2.45, 2.75) is 27.2 Å². The maximum atomic E-state index is 4.98. The third kappa shape index (κ3) is 3.54. The van der Waals surface area contributed by atoms with Crippen LogP contribution in [-0.4, -0.2) is 52.2 Å². The summed E-state index contributed by atoms with van der Waals surface area (Å²) in [5, 5.41) is 4.98. The van der Waals surface area contributed by atoms with Crippen LogP contribution in [0.3, 0.4) is 0 Å². The van der Waals surface area contributed by atoms with Gasteiger partial charge in [-0.2, -0.15) is 9.61 Å². The number of aryl methyl sites for hydroxylation is 2. The number of fused-ring (bicyclic) bond motifs is 1. The Bertz CT molecular complexity index is 981. The van der Waals surface area contributed by atoms with Crippen molar-refractivity contribution in [3.8, 4) is 11.1 Å². The van der Waals surface area contributed by atoms with E-state index in [0.717, 1.165) is 67.6 Å². The molecule has 28 heavy (non-hydrogen) atoms. The van der Waals surface area contributed by atoms with Crippen molar-refractivity contribution in [2.24, 2.45) is 0 Å². The fourth-order valence-corrected chi connectivity index (χ4v) is 4.05. The van der Waals surface area contributed by atoms with Gasteiger partial charge in [0.2, 0.25) is 0 Å². The van der Waals surface area contributed by atoms with Crippen molar-refractivity contribution in [2.75, 3.05) is 37.6 Å². The first-order chi connectivity index (χ1) is 13.6. The Balaban J connectivity index is 1.75. The van der Waals surface area contributed by atoms with E-state index in [0.29, 0.717) is 0 Å². The van der Waals surface area contributed by atoms with E-state index in [2.05, 4.69) is 78.1 Å². The van der Waals surface area contributed by atoms with E-state index in [1.807, 2.05) is 0 Å². The summed E-state index contributed by atoms with van der Waals surface area (Å²) in [5.74, 6) is 1.15. The van der Waals surface area contributed by atoms with Gasteiger partial charge in [-0.1, -0.05) is 49.4 Å². The predicted molar refractivity (Wildman–Crippen MR) is 116 cm³/mol. The summed E-state index contributed by atoms with van der Waals surface area (Å²) in [6.07, 6.45) is 0.887. The zero-order valence-corrected chi connectivity index (χ0v) is 17.1. The minimum Gasteiger partial charge on any atom is -0.354 e. The van der Waals surface area contributed by atoms with Crippen LogP contribution in [0.25, 0.3) is 16.8 Å². The third-order valence-corrected chi connectivity index (χ3v) is 5.36. The van der Waals surface area contributed by atoms with E-state index in [1.165, 1.54) is 11.1 Å². The highest BCUT2D eigenvalue weighted by Crippen LogP contribution is 2.31. The predicted octanol–water partition coefficient (Wildman–Crippen LogP) is 3.97. The van der Waals surface area contributed by atoms with Gasteiger partial charge < -0.3 is 4.90 Å². The van der Waals surface area contributed by atoms with Crippen LogP contribution in [0.2, 0.25) is 0 Å². The number of rotatable bonds is 5. The Morgan fingerprint density at radius 2 is 1.82 bits per heavy atom. The van der Waals surface area contributed by atoms with E-state index in [4.69, 9.17) is 10.1 Å². The fraction of sp³-hybridized carbons (Fsp3) is 0.391. The fourth-order valence-electron chi connectivity index (χ4n) is 4.05. The maximum absolute atomic E-state index is 4.98. The van der Waals surface area contributed by atoms with Crippen molar-refractivity contribution in [3.05, 3.63) is 59.9 Å². The van der Waals surface area contributed by atoms with Gasteiger partial charge in [0.05, 0.1) is 5.69 Å². The molecule has 0 unspecified atom stereocenters. The molecular formula is C23H29N5. The number of hydrogen-bond acceptors (Lipinski definition) is 4. The van der Waals surface area contributed by atoms with Crippen molar-refractivity contribution < 1.29 is 0 Å². The van der Waals surface area contributed by atoms with E-state index in [-0.39, 0.29) is 0 Å². The molecule has 1 aliphatic rings. The summed E-state index contributed by atoms with van der Waals surface area (Å²) in [4.78, 5) is 9.80. The van der Waals surface area contributed by atoms with Gasteiger partial charge in [-0.3, -0.25) is 4.90 Å². The molecule has 0 bridgehead atoms. The normalized spacial score (nSPS) is 15.3. The Labute approximate surface area is 167 Å².